The van der Waals surface area contributed by atoms with Gasteiger partial charge >= 0.3 is 0 Å². The SMILES string of the molecule is CCN(CC)C(=O)CN1CCCN(C(=O)c2sccc2S(=O)(=O)N2CCCC2)CC1. The molecule has 3 heterocycles. The fraction of sp³-hybridized carbons (Fsp3) is 0.700. The highest BCUT2D eigenvalue weighted by atomic mass is 32.2. The maximum Gasteiger partial charge on any atom is 0.265 e. The van der Waals surface area contributed by atoms with Crippen molar-refractivity contribution in [2.24, 2.45) is 0 Å². The van der Waals surface area contributed by atoms with Crippen LogP contribution in [0.15, 0.2) is 16.3 Å². The van der Waals surface area contributed by atoms with Crippen molar-refractivity contribution in [3.63, 3.8) is 0 Å². The lowest BCUT2D eigenvalue weighted by Gasteiger charge is -2.25. The van der Waals surface area contributed by atoms with Gasteiger partial charge in [-0.15, -0.1) is 11.3 Å². The van der Waals surface area contributed by atoms with E-state index in [-0.39, 0.29) is 16.7 Å². The number of likely N-dealkylation sites (N-methyl/N-ethyl adjacent to an activating group) is 1. The number of amides is 2. The molecule has 168 valence electrons. The summed E-state index contributed by atoms with van der Waals surface area (Å²) in [7, 11) is -3.63. The van der Waals surface area contributed by atoms with Gasteiger partial charge in [0.25, 0.3) is 5.91 Å². The van der Waals surface area contributed by atoms with Crippen LogP contribution in [0.25, 0.3) is 0 Å². The molecular weight excluding hydrogens is 424 g/mol. The highest BCUT2D eigenvalue weighted by Gasteiger charge is 2.33. The summed E-state index contributed by atoms with van der Waals surface area (Å²) in [5.41, 5.74) is 0. The number of hydrogen-bond acceptors (Lipinski definition) is 6. The Labute approximate surface area is 183 Å². The Morgan fingerprint density at radius 1 is 1.00 bits per heavy atom. The predicted molar refractivity (Wildman–Crippen MR) is 117 cm³/mol. The number of rotatable bonds is 7. The Morgan fingerprint density at radius 2 is 1.70 bits per heavy atom. The van der Waals surface area contributed by atoms with Crippen molar-refractivity contribution in [1.29, 1.82) is 0 Å². The molecule has 8 nitrogen and oxygen atoms in total. The largest absolute Gasteiger partial charge is 0.342 e. The van der Waals surface area contributed by atoms with Gasteiger partial charge in [0.15, 0.2) is 0 Å². The molecule has 1 aromatic heterocycles. The van der Waals surface area contributed by atoms with E-state index in [4.69, 9.17) is 0 Å². The molecule has 30 heavy (non-hydrogen) atoms. The van der Waals surface area contributed by atoms with Crippen molar-refractivity contribution in [3.8, 4) is 0 Å². The van der Waals surface area contributed by atoms with Crippen LogP contribution in [0.4, 0.5) is 0 Å². The van der Waals surface area contributed by atoms with Gasteiger partial charge in [-0.3, -0.25) is 14.5 Å². The first-order chi connectivity index (χ1) is 14.4. The van der Waals surface area contributed by atoms with E-state index in [2.05, 4.69) is 4.90 Å². The van der Waals surface area contributed by atoms with E-state index < -0.39 is 10.0 Å². The Kier molecular flexibility index (Phi) is 7.89. The molecule has 0 bridgehead atoms. The molecule has 2 fully saturated rings. The zero-order chi connectivity index (χ0) is 21.7. The van der Waals surface area contributed by atoms with Crippen molar-refractivity contribution < 1.29 is 18.0 Å². The minimum absolute atomic E-state index is 0.108. The Balaban J connectivity index is 1.66. The average molecular weight is 457 g/mol. The highest BCUT2D eigenvalue weighted by Crippen LogP contribution is 2.29. The van der Waals surface area contributed by atoms with Gasteiger partial charge in [0.1, 0.15) is 9.77 Å². The first kappa shape index (κ1) is 23.2. The predicted octanol–water partition coefficient (Wildman–Crippen LogP) is 1.55. The van der Waals surface area contributed by atoms with Gasteiger partial charge in [0.05, 0.1) is 6.54 Å². The first-order valence-electron chi connectivity index (χ1n) is 10.8. The number of carbonyl (C=O) groups excluding carboxylic acids is 2. The molecule has 0 saturated carbocycles. The number of hydrogen-bond donors (Lipinski definition) is 0. The van der Waals surface area contributed by atoms with Gasteiger partial charge in [-0.1, -0.05) is 0 Å². The molecule has 3 rings (SSSR count). The van der Waals surface area contributed by atoms with Crippen LogP contribution in [0.2, 0.25) is 0 Å². The molecule has 2 aliphatic heterocycles. The Hall–Kier alpha value is -1.49. The van der Waals surface area contributed by atoms with E-state index in [9.17, 15) is 18.0 Å². The van der Waals surface area contributed by atoms with Crippen LogP contribution >= 0.6 is 11.3 Å². The third-order valence-electron chi connectivity index (χ3n) is 5.86. The van der Waals surface area contributed by atoms with Crippen molar-refractivity contribution in [1.82, 2.24) is 19.0 Å². The third kappa shape index (κ3) is 5.04. The molecule has 2 aliphatic rings. The Bertz CT molecular complexity index is 845. The molecule has 0 N–H and O–H groups in total. The van der Waals surface area contributed by atoms with Gasteiger partial charge in [-0.05, 0) is 44.6 Å². The number of sulfonamides is 1. The lowest BCUT2D eigenvalue weighted by atomic mass is 10.3. The maximum atomic E-state index is 13.2. The number of nitrogens with zero attached hydrogens (tertiary/aromatic N) is 4. The van der Waals surface area contributed by atoms with Crippen LogP contribution in [0, 0.1) is 0 Å². The van der Waals surface area contributed by atoms with Crippen LogP contribution in [-0.4, -0.2) is 98.1 Å². The molecule has 0 unspecified atom stereocenters. The zero-order valence-electron chi connectivity index (χ0n) is 17.9. The second-order valence-electron chi connectivity index (χ2n) is 7.71. The molecule has 0 radical (unpaired) electrons. The molecule has 1 aromatic rings. The summed E-state index contributed by atoms with van der Waals surface area (Å²) in [6.07, 6.45) is 2.48. The van der Waals surface area contributed by atoms with Crippen LogP contribution in [0.1, 0.15) is 42.8 Å². The standard InChI is InChI=1S/C20H32N4O4S2/c1-3-22(4-2)18(25)16-21-9-7-10-23(14-13-21)20(26)19-17(8-15-29-19)30(27,28)24-11-5-6-12-24/h8,15H,3-7,9-14,16H2,1-2H3. The fourth-order valence-corrected chi connectivity index (χ4v) is 6.95. The maximum absolute atomic E-state index is 13.2. The van der Waals surface area contributed by atoms with Crippen molar-refractivity contribution >= 4 is 33.2 Å². The topological polar surface area (TPSA) is 81.2 Å². The molecule has 0 aliphatic carbocycles. The van der Waals surface area contributed by atoms with E-state index in [1.165, 1.54) is 15.6 Å². The summed E-state index contributed by atoms with van der Waals surface area (Å²) < 4.78 is 27.4. The van der Waals surface area contributed by atoms with Gasteiger partial charge in [-0.25, -0.2) is 8.42 Å². The van der Waals surface area contributed by atoms with Crippen LogP contribution in [0.5, 0.6) is 0 Å². The Morgan fingerprint density at radius 3 is 2.37 bits per heavy atom. The average Bonchev–Trinajstić information content (AvgIpc) is 3.39. The molecular formula is C20H32N4O4S2. The van der Waals surface area contributed by atoms with Crippen molar-refractivity contribution in [2.45, 2.75) is 38.0 Å². The summed E-state index contributed by atoms with van der Waals surface area (Å²) >= 11 is 1.19. The van der Waals surface area contributed by atoms with E-state index >= 15 is 0 Å². The monoisotopic (exact) mass is 456 g/mol. The van der Waals surface area contributed by atoms with Gasteiger partial charge in [0, 0.05) is 52.4 Å². The second kappa shape index (κ2) is 10.2. The van der Waals surface area contributed by atoms with Crippen molar-refractivity contribution in [2.75, 3.05) is 58.9 Å². The van der Waals surface area contributed by atoms with Gasteiger partial charge < -0.3 is 9.80 Å². The summed E-state index contributed by atoms with van der Waals surface area (Å²) in [4.78, 5) is 31.7. The third-order valence-corrected chi connectivity index (χ3v) is 8.83. The lowest BCUT2D eigenvalue weighted by Crippen LogP contribution is -2.42. The minimum atomic E-state index is -3.63. The van der Waals surface area contributed by atoms with E-state index in [1.54, 1.807) is 16.3 Å². The highest BCUT2D eigenvalue weighted by molar-refractivity contribution is 7.89. The first-order valence-corrected chi connectivity index (χ1v) is 13.1. The van der Waals surface area contributed by atoms with Gasteiger partial charge in [-0.2, -0.15) is 4.31 Å². The molecule has 0 atom stereocenters. The normalized spacial score (nSPS) is 19.1. The molecule has 2 saturated heterocycles. The minimum Gasteiger partial charge on any atom is -0.342 e. The fourth-order valence-electron chi connectivity index (χ4n) is 4.07. The van der Waals surface area contributed by atoms with Crippen LogP contribution < -0.4 is 0 Å². The molecule has 0 spiro atoms. The zero-order valence-corrected chi connectivity index (χ0v) is 19.5. The van der Waals surface area contributed by atoms with Crippen molar-refractivity contribution in [3.05, 3.63) is 16.3 Å². The van der Waals surface area contributed by atoms with Crippen LogP contribution in [0.3, 0.4) is 0 Å². The summed E-state index contributed by atoms with van der Waals surface area (Å²) in [5.74, 6) is -0.114. The molecule has 0 aromatic carbocycles. The lowest BCUT2D eigenvalue weighted by molar-refractivity contribution is -0.132. The summed E-state index contributed by atoms with van der Waals surface area (Å²) in [5, 5.41) is 1.68. The summed E-state index contributed by atoms with van der Waals surface area (Å²) in [6, 6.07) is 1.55. The van der Waals surface area contributed by atoms with Crippen LogP contribution in [-0.2, 0) is 14.8 Å². The quantitative estimate of drug-likeness (QED) is 0.622. The molecule has 2 amide bonds. The summed E-state index contributed by atoms with van der Waals surface area (Å²) in [6.45, 7) is 9.15. The van der Waals surface area contributed by atoms with Gasteiger partial charge in [0.2, 0.25) is 15.9 Å². The van der Waals surface area contributed by atoms with E-state index in [0.717, 1.165) is 25.8 Å². The van der Waals surface area contributed by atoms with E-state index in [0.29, 0.717) is 57.2 Å². The number of thiophene rings is 1. The smallest absolute Gasteiger partial charge is 0.265 e. The number of carbonyl (C=O) groups is 2. The second-order valence-corrected chi connectivity index (χ2v) is 10.5. The molecule has 10 heteroatoms. The van der Waals surface area contributed by atoms with E-state index in [1.807, 2.05) is 18.7 Å².